The van der Waals surface area contributed by atoms with Crippen LogP contribution in [0, 0.1) is 20.8 Å². The number of aromatic nitrogens is 1. The van der Waals surface area contributed by atoms with Crippen LogP contribution in [0.25, 0.3) is 0 Å². The van der Waals surface area contributed by atoms with E-state index in [-0.39, 0.29) is 12.4 Å². The van der Waals surface area contributed by atoms with Gasteiger partial charge in [-0.05, 0) is 54.8 Å². The SMILES string of the molecule is CCOC(=O)Cc1c(C)nc(C)c(Br)c1C. The van der Waals surface area contributed by atoms with Crippen LogP contribution in [0.2, 0.25) is 0 Å². The summed E-state index contributed by atoms with van der Waals surface area (Å²) in [6.07, 6.45) is 0.289. The molecule has 16 heavy (non-hydrogen) atoms. The highest BCUT2D eigenvalue weighted by Gasteiger charge is 2.14. The third kappa shape index (κ3) is 2.82. The molecular weight excluding hydrogens is 270 g/mol. The van der Waals surface area contributed by atoms with E-state index in [4.69, 9.17) is 4.74 Å². The van der Waals surface area contributed by atoms with Crippen LogP contribution in [0.1, 0.15) is 29.4 Å². The van der Waals surface area contributed by atoms with Crippen LogP contribution < -0.4 is 0 Å². The van der Waals surface area contributed by atoms with E-state index in [1.54, 1.807) is 6.92 Å². The van der Waals surface area contributed by atoms with Crippen LogP contribution in [-0.2, 0) is 16.0 Å². The normalized spacial score (nSPS) is 10.3. The van der Waals surface area contributed by atoms with Gasteiger partial charge in [0.1, 0.15) is 0 Å². The zero-order valence-electron chi connectivity index (χ0n) is 10.1. The van der Waals surface area contributed by atoms with Gasteiger partial charge in [-0.1, -0.05) is 0 Å². The number of hydrogen-bond acceptors (Lipinski definition) is 3. The van der Waals surface area contributed by atoms with E-state index < -0.39 is 0 Å². The summed E-state index contributed by atoms with van der Waals surface area (Å²) in [6.45, 7) is 8.07. The number of nitrogens with zero attached hydrogens (tertiary/aromatic N) is 1. The molecular formula is C12H16BrNO2. The summed E-state index contributed by atoms with van der Waals surface area (Å²) < 4.78 is 5.91. The highest BCUT2D eigenvalue weighted by molar-refractivity contribution is 9.10. The Hall–Kier alpha value is -0.900. The van der Waals surface area contributed by atoms with Gasteiger partial charge in [0.15, 0.2) is 0 Å². The maximum Gasteiger partial charge on any atom is 0.310 e. The lowest BCUT2D eigenvalue weighted by molar-refractivity contribution is -0.142. The number of carbonyl (C=O) groups is 1. The molecule has 1 aromatic rings. The molecule has 0 atom stereocenters. The Morgan fingerprint density at radius 2 is 1.94 bits per heavy atom. The third-order valence-corrected chi connectivity index (χ3v) is 3.67. The largest absolute Gasteiger partial charge is 0.466 e. The molecule has 0 unspecified atom stereocenters. The molecule has 0 spiro atoms. The van der Waals surface area contributed by atoms with Crippen molar-refractivity contribution in [3.63, 3.8) is 0 Å². The van der Waals surface area contributed by atoms with E-state index in [9.17, 15) is 4.79 Å². The van der Waals surface area contributed by atoms with E-state index in [1.807, 2.05) is 20.8 Å². The van der Waals surface area contributed by atoms with Crippen molar-refractivity contribution >= 4 is 21.9 Å². The molecule has 1 aromatic heterocycles. The second-order valence-electron chi connectivity index (χ2n) is 3.68. The first kappa shape index (κ1) is 13.2. The van der Waals surface area contributed by atoms with Crippen molar-refractivity contribution in [2.75, 3.05) is 6.61 Å². The fourth-order valence-corrected chi connectivity index (χ4v) is 1.99. The summed E-state index contributed by atoms with van der Waals surface area (Å²) in [5.74, 6) is -0.203. The predicted molar refractivity (Wildman–Crippen MR) is 66.5 cm³/mol. The van der Waals surface area contributed by atoms with Crippen LogP contribution in [-0.4, -0.2) is 17.6 Å². The summed E-state index contributed by atoms with van der Waals surface area (Å²) in [4.78, 5) is 15.8. The van der Waals surface area contributed by atoms with Gasteiger partial charge in [0, 0.05) is 10.2 Å². The van der Waals surface area contributed by atoms with Gasteiger partial charge in [0.2, 0.25) is 0 Å². The van der Waals surface area contributed by atoms with Crippen molar-refractivity contribution < 1.29 is 9.53 Å². The number of hydrogen-bond donors (Lipinski definition) is 0. The standard InChI is InChI=1S/C12H16BrNO2/c1-5-16-11(15)6-10-7(2)12(13)9(4)14-8(10)3/h5-6H2,1-4H3. The molecule has 0 aliphatic heterocycles. The molecule has 88 valence electrons. The molecule has 0 bridgehead atoms. The van der Waals surface area contributed by atoms with Crippen LogP contribution in [0.3, 0.4) is 0 Å². The summed E-state index contributed by atoms with van der Waals surface area (Å²) in [5, 5.41) is 0. The molecule has 0 aliphatic rings. The quantitative estimate of drug-likeness (QED) is 0.802. The number of esters is 1. The van der Waals surface area contributed by atoms with Gasteiger partial charge in [0.25, 0.3) is 0 Å². The molecule has 0 aromatic carbocycles. The average molecular weight is 286 g/mol. The van der Waals surface area contributed by atoms with E-state index in [0.717, 1.165) is 27.0 Å². The zero-order chi connectivity index (χ0) is 12.3. The summed E-state index contributed by atoms with van der Waals surface area (Å²) >= 11 is 3.48. The fourth-order valence-electron chi connectivity index (χ4n) is 1.66. The molecule has 1 rings (SSSR count). The Bertz CT molecular complexity index is 416. The second-order valence-corrected chi connectivity index (χ2v) is 4.47. The Morgan fingerprint density at radius 3 is 2.50 bits per heavy atom. The van der Waals surface area contributed by atoms with Gasteiger partial charge in [-0.25, -0.2) is 0 Å². The molecule has 1 heterocycles. The minimum Gasteiger partial charge on any atom is -0.466 e. The van der Waals surface area contributed by atoms with Crippen molar-refractivity contribution in [2.45, 2.75) is 34.1 Å². The smallest absolute Gasteiger partial charge is 0.310 e. The average Bonchev–Trinajstić information content (AvgIpc) is 2.22. The predicted octanol–water partition coefficient (Wildman–Crippen LogP) is 2.87. The van der Waals surface area contributed by atoms with Gasteiger partial charge in [0.05, 0.1) is 18.7 Å². The number of rotatable bonds is 3. The molecule has 0 N–H and O–H groups in total. The van der Waals surface area contributed by atoms with Crippen molar-refractivity contribution in [1.29, 1.82) is 0 Å². The monoisotopic (exact) mass is 285 g/mol. The first-order chi connectivity index (χ1) is 7.47. The summed E-state index contributed by atoms with van der Waals surface area (Å²) in [6, 6.07) is 0. The van der Waals surface area contributed by atoms with Crippen LogP contribution in [0.4, 0.5) is 0 Å². The molecule has 0 radical (unpaired) electrons. The maximum absolute atomic E-state index is 11.4. The number of pyridine rings is 1. The van der Waals surface area contributed by atoms with E-state index in [0.29, 0.717) is 6.61 Å². The molecule has 0 saturated heterocycles. The van der Waals surface area contributed by atoms with Crippen molar-refractivity contribution in [2.24, 2.45) is 0 Å². The third-order valence-electron chi connectivity index (χ3n) is 2.50. The van der Waals surface area contributed by atoms with E-state index in [1.165, 1.54) is 0 Å². The van der Waals surface area contributed by atoms with Gasteiger partial charge in [-0.15, -0.1) is 0 Å². The number of halogens is 1. The van der Waals surface area contributed by atoms with Crippen molar-refractivity contribution in [1.82, 2.24) is 4.98 Å². The van der Waals surface area contributed by atoms with E-state index >= 15 is 0 Å². The summed E-state index contributed by atoms with van der Waals surface area (Å²) in [5.41, 5.74) is 3.86. The highest BCUT2D eigenvalue weighted by Crippen LogP contribution is 2.25. The van der Waals surface area contributed by atoms with Crippen molar-refractivity contribution in [3.8, 4) is 0 Å². The lowest BCUT2D eigenvalue weighted by Gasteiger charge is -2.12. The Balaban J connectivity index is 3.05. The fraction of sp³-hybridized carbons (Fsp3) is 0.500. The molecule has 3 nitrogen and oxygen atoms in total. The molecule has 0 aliphatic carbocycles. The molecule has 4 heteroatoms. The maximum atomic E-state index is 11.4. The van der Waals surface area contributed by atoms with Gasteiger partial charge >= 0.3 is 5.97 Å². The molecule has 0 fully saturated rings. The van der Waals surface area contributed by atoms with Crippen LogP contribution in [0.5, 0.6) is 0 Å². The first-order valence-electron chi connectivity index (χ1n) is 5.25. The minimum atomic E-state index is -0.203. The number of ether oxygens (including phenoxy) is 1. The van der Waals surface area contributed by atoms with Gasteiger partial charge in [-0.2, -0.15) is 0 Å². The molecule has 0 saturated carbocycles. The zero-order valence-corrected chi connectivity index (χ0v) is 11.6. The van der Waals surface area contributed by atoms with Crippen LogP contribution >= 0.6 is 15.9 Å². The van der Waals surface area contributed by atoms with E-state index in [2.05, 4.69) is 20.9 Å². The second kappa shape index (κ2) is 5.43. The summed E-state index contributed by atoms with van der Waals surface area (Å²) in [7, 11) is 0. The van der Waals surface area contributed by atoms with Gasteiger partial charge < -0.3 is 4.74 Å². The number of aryl methyl sites for hydroxylation is 2. The topological polar surface area (TPSA) is 39.2 Å². The van der Waals surface area contributed by atoms with Crippen LogP contribution in [0.15, 0.2) is 4.47 Å². The Labute approximate surface area is 104 Å². The first-order valence-corrected chi connectivity index (χ1v) is 6.04. The molecule has 0 amide bonds. The van der Waals surface area contributed by atoms with Crippen molar-refractivity contribution in [3.05, 3.63) is 27.0 Å². The lowest BCUT2D eigenvalue weighted by Crippen LogP contribution is -2.11. The van der Waals surface area contributed by atoms with Gasteiger partial charge in [-0.3, -0.25) is 9.78 Å². The minimum absolute atomic E-state index is 0.203. The highest BCUT2D eigenvalue weighted by atomic mass is 79.9. The Morgan fingerprint density at radius 1 is 1.31 bits per heavy atom. The Kier molecular flexibility index (Phi) is 4.47. The number of carbonyl (C=O) groups excluding carboxylic acids is 1. The lowest BCUT2D eigenvalue weighted by atomic mass is 10.0.